The fourth-order valence-electron chi connectivity index (χ4n) is 2.99. The molecule has 1 fully saturated rings. The van der Waals surface area contributed by atoms with E-state index >= 15 is 0 Å². The molecule has 1 heterocycles. The number of benzene rings is 2. The van der Waals surface area contributed by atoms with Crippen LogP contribution in [0.15, 0.2) is 59.5 Å². The largest absolute Gasteiger partial charge is 0.452 e. The van der Waals surface area contributed by atoms with E-state index in [-0.39, 0.29) is 43.6 Å². The van der Waals surface area contributed by atoms with Gasteiger partial charge in [0.25, 0.3) is 5.91 Å². The molecule has 1 amide bonds. The first-order valence-electron chi connectivity index (χ1n) is 8.95. The molecule has 2 aromatic rings. The molecule has 0 saturated carbocycles. The lowest BCUT2D eigenvalue weighted by molar-refractivity contribution is -0.135. The SMILES string of the molecule is Cc1cccc(C(=O)OCC(=O)N2CCN(S(=O)(=O)c3ccccc3)CC2)c1. The number of hydrogen-bond acceptors (Lipinski definition) is 5. The van der Waals surface area contributed by atoms with Gasteiger partial charge in [0.15, 0.2) is 6.61 Å². The van der Waals surface area contributed by atoms with Crippen molar-refractivity contribution in [1.29, 1.82) is 0 Å². The Hall–Kier alpha value is -2.71. The van der Waals surface area contributed by atoms with Crippen molar-refractivity contribution in [1.82, 2.24) is 9.21 Å². The number of ether oxygens (including phenoxy) is 1. The van der Waals surface area contributed by atoms with E-state index in [1.165, 1.54) is 9.21 Å². The summed E-state index contributed by atoms with van der Waals surface area (Å²) >= 11 is 0. The van der Waals surface area contributed by atoms with Crippen molar-refractivity contribution in [2.75, 3.05) is 32.8 Å². The molecule has 1 aliphatic rings. The summed E-state index contributed by atoms with van der Waals surface area (Å²) in [5.74, 6) is -0.889. The topological polar surface area (TPSA) is 84.0 Å². The van der Waals surface area contributed by atoms with Gasteiger partial charge in [-0.05, 0) is 31.2 Å². The van der Waals surface area contributed by atoms with Crippen molar-refractivity contribution in [3.8, 4) is 0 Å². The van der Waals surface area contributed by atoms with Gasteiger partial charge in [0.2, 0.25) is 10.0 Å². The van der Waals surface area contributed by atoms with E-state index in [4.69, 9.17) is 4.74 Å². The Kier molecular flexibility index (Phi) is 6.11. The Morgan fingerprint density at radius 2 is 1.64 bits per heavy atom. The first-order valence-corrected chi connectivity index (χ1v) is 10.4. The fraction of sp³-hybridized carbons (Fsp3) is 0.300. The summed E-state index contributed by atoms with van der Waals surface area (Å²) in [6, 6.07) is 15.2. The molecule has 148 valence electrons. The quantitative estimate of drug-likeness (QED) is 0.711. The number of sulfonamides is 1. The highest BCUT2D eigenvalue weighted by Crippen LogP contribution is 2.17. The van der Waals surface area contributed by atoms with Gasteiger partial charge in [-0.15, -0.1) is 0 Å². The van der Waals surface area contributed by atoms with Gasteiger partial charge in [-0.2, -0.15) is 4.31 Å². The second kappa shape index (κ2) is 8.53. The average molecular weight is 402 g/mol. The summed E-state index contributed by atoms with van der Waals surface area (Å²) in [4.78, 5) is 26.1. The Labute approximate surface area is 164 Å². The van der Waals surface area contributed by atoms with Crippen LogP contribution in [0.2, 0.25) is 0 Å². The number of hydrogen-bond donors (Lipinski definition) is 0. The van der Waals surface area contributed by atoms with Crippen molar-refractivity contribution in [2.45, 2.75) is 11.8 Å². The third kappa shape index (κ3) is 4.58. The van der Waals surface area contributed by atoms with Gasteiger partial charge >= 0.3 is 5.97 Å². The zero-order valence-electron chi connectivity index (χ0n) is 15.6. The number of piperazine rings is 1. The molecule has 0 spiro atoms. The van der Waals surface area contributed by atoms with E-state index in [0.29, 0.717) is 5.56 Å². The van der Waals surface area contributed by atoms with E-state index in [2.05, 4.69) is 0 Å². The van der Waals surface area contributed by atoms with Crippen LogP contribution in [0.5, 0.6) is 0 Å². The molecule has 0 atom stereocenters. The molecule has 1 saturated heterocycles. The van der Waals surface area contributed by atoms with Gasteiger partial charge < -0.3 is 9.64 Å². The van der Waals surface area contributed by atoms with Crippen LogP contribution in [0.3, 0.4) is 0 Å². The van der Waals surface area contributed by atoms with E-state index in [1.54, 1.807) is 48.5 Å². The first-order chi connectivity index (χ1) is 13.4. The van der Waals surface area contributed by atoms with Gasteiger partial charge in [-0.1, -0.05) is 35.9 Å². The van der Waals surface area contributed by atoms with E-state index in [9.17, 15) is 18.0 Å². The molecule has 0 unspecified atom stereocenters. The number of nitrogens with zero attached hydrogens (tertiary/aromatic N) is 2. The van der Waals surface area contributed by atoms with Crippen LogP contribution in [0.1, 0.15) is 15.9 Å². The summed E-state index contributed by atoms with van der Waals surface area (Å²) in [6.45, 7) is 2.42. The minimum absolute atomic E-state index is 0.203. The highest BCUT2D eigenvalue weighted by atomic mass is 32.2. The van der Waals surface area contributed by atoms with E-state index < -0.39 is 16.0 Å². The zero-order chi connectivity index (χ0) is 20.1. The fourth-order valence-corrected chi connectivity index (χ4v) is 4.44. The summed E-state index contributed by atoms with van der Waals surface area (Å²) in [6.07, 6.45) is 0. The number of carbonyl (C=O) groups is 2. The molecule has 8 heteroatoms. The van der Waals surface area contributed by atoms with Crippen molar-refractivity contribution in [3.63, 3.8) is 0 Å². The number of aryl methyl sites for hydroxylation is 1. The smallest absolute Gasteiger partial charge is 0.338 e. The summed E-state index contributed by atoms with van der Waals surface area (Å²) in [7, 11) is -3.57. The maximum Gasteiger partial charge on any atom is 0.338 e. The van der Waals surface area contributed by atoms with Crippen LogP contribution in [0.4, 0.5) is 0 Å². The third-order valence-corrected chi connectivity index (χ3v) is 6.47. The molecule has 7 nitrogen and oxygen atoms in total. The Morgan fingerprint density at radius 3 is 2.29 bits per heavy atom. The lowest BCUT2D eigenvalue weighted by atomic mass is 10.1. The second-order valence-corrected chi connectivity index (χ2v) is 8.48. The maximum atomic E-state index is 12.6. The van der Waals surface area contributed by atoms with Gasteiger partial charge in [0.05, 0.1) is 10.5 Å². The van der Waals surface area contributed by atoms with Crippen LogP contribution in [0.25, 0.3) is 0 Å². The number of esters is 1. The van der Waals surface area contributed by atoms with Crippen molar-refractivity contribution < 1.29 is 22.7 Å². The lowest BCUT2D eigenvalue weighted by Gasteiger charge is -2.33. The minimum Gasteiger partial charge on any atom is -0.452 e. The molecule has 0 radical (unpaired) electrons. The Balaban J connectivity index is 1.52. The highest BCUT2D eigenvalue weighted by Gasteiger charge is 2.30. The standard InChI is InChI=1S/C20H22N2O5S/c1-16-6-5-7-17(14-16)20(24)27-15-19(23)21-10-12-22(13-11-21)28(25,26)18-8-3-2-4-9-18/h2-9,14H,10-13,15H2,1H3. The molecular weight excluding hydrogens is 380 g/mol. The Bertz CT molecular complexity index is 952. The van der Waals surface area contributed by atoms with E-state index in [1.807, 2.05) is 13.0 Å². The molecule has 0 aromatic heterocycles. The Morgan fingerprint density at radius 1 is 0.964 bits per heavy atom. The molecule has 1 aliphatic heterocycles. The molecule has 3 rings (SSSR count). The predicted octanol–water partition coefficient (Wildman–Crippen LogP) is 1.68. The maximum absolute atomic E-state index is 12.6. The van der Waals surface area contributed by atoms with E-state index in [0.717, 1.165) is 5.56 Å². The second-order valence-electron chi connectivity index (χ2n) is 6.54. The normalized spacial score (nSPS) is 15.2. The summed E-state index contributed by atoms with van der Waals surface area (Å²) in [5.41, 5.74) is 1.32. The van der Waals surface area contributed by atoms with Gasteiger partial charge in [-0.3, -0.25) is 4.79 Å². The minimum atomic E-state index is -3.57. The molecular formula is C20H22N2O5S. The molecule has 2 aromatic carbocycles. The van der Waals surface area contributed by atoms with Gasteiger partial charge in [-0.25, -0.2) is 13.2 Å². The monoisotopic (exact) mass is 402 g/mol. The average Bonchev–Trinajstić information content (AvgIpc) is 2.72. The highest BCUT2D eigenvalue weighted by molar-refractivity contribution is 7.89. The lowest BCUT2D eigenvalue weighted by Crippen LogP contribution is -2.51. The molecule has 0 N–H and O–H groups in total. The van der Waals surface area contributed by atoms with Gasteiger partial charge in [0.1, 0.15) is 0 Å². The molecule has 0 bridgehead atoms. The predicted molar refractivity (Wildman–Crippen MR) is 103 cm³/mol. The number of carbonyl (C=O) groups excluding carboxylic acids is 2. The zero-order valence-corrected chi connectivity index (χ0v) is 16.4. The number of rotatable bonds is 5. The van der Waals surface area contributed by atoms with Crippen LogP contribution in [-0.2, 0) is 19.6 Å². The molecule has 28 heavy (non-hydrogen) atoms. The number of amides is 1. The van der Waals surface area contributed by atoms with Crippen LogP contribution >= 0.6 is 0 Å². The summed E-state index contributed by atoms with van der Waals surface area (Å²) < 4.78 is 31.7. The van der Waals surface area contributed by atoms with Crippen molar-refractivity contribution >= 4 is 21.9 Å². The van der Waals surface area contributed by atoms with Crippen LogP contribution in [0, 0.1) is 6.92 Å². The van der Waals surface area contributed by atoms with Crippen molar-refractivity contribution in [3.05, 3.63) is 65.7 Å². The molecule has 0 aliphatic carbocycles. The summed E-state index contributed by atoms with van der Waals surface area (Å²) in [5, 5.41) is 0. The first kappa shape index (κ1) is 20.0. The van der Waals surface area contributed by atoms with Crippen LogP contribution in [-0.4, -0.2) is 62.3 Å². The van der Waals surface area contributed by atoms with Crippen LogP contribution < -0.4 is 0 Å². The van der Waals surface area contributed by atoms with Crippen molar-refractivity contribution in [2.24, 2.45) is 0 Å². The third-order valence-electron chi connectivity index (χ3n) is 4.55. The van der Waals surface area contributed by atoms with Gasteiger partial charge in [0, 0.05) is 26.2 Å².